The highest BCUT2D eigenvalue weighted by molar-refractivity contribution is 7.10. The van der Waals surface area contributed by atoms with Gasteiger partial charge in [0.05, 0.1) is 13.2 Å². The van der Waals surface area contributed by atoms with Crippen LogP contribution in [-0.4, -0.2) is 37.6 Å². The number of nitrogens with one attached hydrogen (secondary N) is 1. The summed E-state index contributed by atoms with van der Waals surface area (Å²) in [7, 11) is 1.66. The van der Waals surface area contributed by atoms with Crippen LogP contribution in [0.1, 0.15) is 11.3 Å². The van der Waals surface area contributed by atoms with Crippen molar-refractivity contribution in [2.75, 3.05) is 32.1 Å². The van der Waals surface area contributed by atoms with Gasteiger partial charge in [-0.1, -0.05) is 0 Å². The van der Waals surface area contributed by atoms with Crippen molar-refractivity contribution in [2.24, 2.45) is 0 Å². The number of methoxy groups -OCH3 is 1. The van der Waals surface area contributed by atoms with Gasteiger partial charge in [-0.15, -0.1) is 11.3 Å². The Bertz CT molecular complexity index is 365. The van der Waals surface area contributed by atoms with Gasteiger partial charge in [-0.05, 0) is 11.4 Å². The Balaban J connectivity index is 2.10. The number of carbonyl (C=O) groups is 1. The van der Waals surface area contributed by atoms with Crippen LogP contribution in [0.3, 0.4) is 0 Å². The Labute approximate surface area is 99.2 Å². The predicted molar refractivity (Wildman–Crippen MR) is 64.7 cm³/mol. The fraction of sp³-hybridized carbons (Fsp3) is 0.545. The molecule has 2 heterocycles. The maximum absolute atomic E-state index is 11.8. The molecule has 16 heavy (non-hydrogen) atoms. The molecule has 4 nitrogen and oxygen atoms in total. The molecule has 0 saturated carbocycles. The summed E-state index contributed by atoms with van der Waals surface area (Å²) in [4.78, 5) is 14.9. The molecule has 0 spiro atoms. The summed E-state index contributed by atoms with van der Waals surface area (Å²) < 4.78 is 5.03. The summed E-state index contributed by atoms with van der Waals surface area (Å²) in [5, 5.41) is 5.34. The summed E-state index contributed by atoms with van der Waals surface area (Å²) in [6, 6.07) is 2.07. The molecular weight excluding hydrogens is 224 g/mol. The average Bonchev–Trinajstić information content (AvgIpc) is 2.69. The normalized spacial score (nSPS) is 16.3. The number of hydrogen-bond donors (Lipinski definition) is 1. The first-order valence-corrected chi connectivity index (χ1v) is 6.26. The summed E-state index contributed by atoms with van der Waals surface area (Å²) in [6.45, 7) is 2.68. The number of amides is 1. The molecule has 2 rings (SSSR count). The van der Waals surface area contributed by atoms with Crippen molar-refractivity contribution in [1.82, 2.24) is 4.90 Å². The largest absolute Gasteiger partial charge is 0.384 e. The van der Waals surface area contributed by atoms with Crippen LogP contribution in [0, 0.1) is 0 Å². The van der Waals surface area contributed by atoms with Crippen molar-refractivity contribution >= 4 is 22.9 Å². The van der Waals surface area contributed by atoms with Crippen molar-refractivity contribution in [3.63, 3.8) is 0 Å². The number of thiophene rings is 1. The SMILES string of the molecule is COCCN1Cc2sccc2NCCC1=O. The van der Waals surface area contributed by atoms with Crippen LogP contribution in [0.4, 0.5) is 5.69 Å². The lowest BCUT2D eigenvalue weighted by atomic mass is 10.2. The third-order valence-corrected chi connectivity index (χ3v) is 3.56. The van der Waals surface area contributed by atoms with Crippen LogP contribution in [0.15, 0.2) is 11.4 Å². The van der Waals surface area contributed by atoms with E-state index in [1.165, 1.54) is 10.6 Å². The van der Waals surface area contributed by atoms with Gasteiger partial charge in [0.2, 0.25) is 5.91 Å². The fourth-order valence-electron chi connectivity index (χ4n) is 1.75. The summed E-state index contributed by atoms with van der Waals surface area (Å²) in [5.74, 6) is 0.198. The van der Waals surface area contributed by atoms with E-state index in [4.69, 9.17) is 4.74 Å². The second-order valence-electron chi connectivity index (χ2n) is 3.74. The number of rotatable bonds is 3. The first-order chi connectivity index (χ1) is 7.81. The van der Waals surface area contributed by atoms with Gasteiger partial charge in [-0.25, -0.2) is 0 Å². The third kappa shape index (κ3) is 2.54. The van der Waals surface area contributed by atoms with Gasteiger partial charge in [-0.3, -0.25) is 4.79 Å². The van der Waals surface area contributed by atoms with Crippen LogP contribution < -0.4 is 5.32 Å². The van der Waals surface area contributed by atoms with E-state index >= 15 is 0 Å². The molecule has 0 unspecified atom stereocenters. The molecule has 0 fully saturated rings. The molecule has 88 valence electrons. The first kappa shape index (κ1) is 11.4. The zero-order valence-corrected chi connectivity index (χ0v) is 10.2. The maximum atomic E-state index is 11.8. The van der Waals surface area contributed by atoms with E-state index in [-0.39, 0.29) is 5.91 Å². The lowest BCUT2D eigenvalue weighted by Gasteiger charge is -2.25. The molecule has 1 amide bonds. The van der Waals surface area contributed by atoms with Crippen molar-refractivity contribution in [3.05, 3.63) is 16.3 Å². The van der Waals surface area contributed by atoms with E-state index in [0.717, 1.165) is 0 Å². The Morgan fingerprint density at radius 1 is 1.62 bits per heavy atom. The third-order valence-electron chi connectivity index (χ3n) is 2.65. The standard InChI is InChI=1S/C11H16N2O2S/c1-15-6-5-13-8-10-9(3-7-16-10)12-4-2-11(13)14/h3,7,12H,2,4-6,8H2,1H3. The molecule has 1 aliphatic rings. The lowest BCUT2D eigenvalue weighted by Crippen LogP contribution is -2.35. The molecular formula is C11H16N2O2S. The Morgan fingerprint density at radius 3 is 3.31 bits per heavy atom. The molecule has 0 atom stereocenters. The minimum absolute atomic E-state index is 0.198. The topological polar surface area (TPSA) is 41.6 Å². The van der Waals surface area contributed by atoms with Crippen LogP contribution in [0.25, 0.3) is 0 Å². The van der Waals surface area contributed by atoms with E-state index in [1.807, 2.05) is 4.90 Å². The highest BCUT2D eigenvalue weighted by Gasteiger charge is 2.18. The van der Waals surface area contributed by atoms with Gasteiger partial charge in [0.15, 0.2) is 0 Å². The number of ether oxygens (including phenoxy) is 1. The van der Waals surface area contributed by atoms with Crippen LogP contribution >= 0.6 is 11.3 Å². The van der Waals surface area contributed by atoms with E-state index in [9.17, 15) is 4.79 Å². The monoisotopic (exact) mass is 240 g/mol. The Hall–Kier alpha value is -1.07. The van der Waals surface area contributed by atoms with Gasteiger partial charge in [-0.2, -0.15) is 0 Å². The second kappa shape index (κ2) is 5.32. The number of hydrogen-bond acceptors (Lipinski definition) is 4. The molecule has 0 saturated heterocycles. The summed E-state index contributed by atoms with van der Waals surface area (Å²) in [5.41, 5.74) is 1.17. The Morgan fingerprint density at radius 2 is 2.50 bits per heavy atom. The zero-order valence-electron chi connectivity index (χ0n) is 9.36. The van der Waals surface area contributed by atoms with E-state index in [2.05, 4.69) is 16.8 Å². The van der Waals surface area contributed by atoms with E-state index in [0.29, 0.717) is 32.7 Å². The van der Waals surface area contributed by atoms with E-state index in [1.54, 1.807) is 18.4 Å². The lowest BCUT2D eigenvalue weighted by molar-refractivity contribution is -0.132. The minimum atomic E-state index is 0.198. The van der Waals surface area contributed by atoms with Gasteiger partial charge in [0.25, 0.3) is 0 Å². The van der Waals surface area contributed by atoms with Crippen LogP contribution in [0.2, 0.25) is 0 Å². The van der Waals surface area contributed by atoms with Crippen LogP contribution in [0.5, 0.6) is 0 Å². The fourth-order valence-corrected chi connectivity index (χ4v) is 2.62. The van der Waals surface area contributed by atoms with E-state index < -0.39 is 0 Å². The highest BCUT2D eigenvalue weighted by atomic mass is 32.1. The molecule has 1 aromatic rings. The minimum Gasteiger partial charge on any atom is -0.384 e. The predicted octanol–water partition coefficient (Wildman–Crippen LogP) is 1.54. The highest BCUT2D eigenvalue weighted by Crippen LogP contribution is 2.25. The van der Waals surface area contributed by atoms with Crippen LogP contribution in [-0.2, 0) is 16.1 Å². The molecule has 0 aliphatic carbocycles. The number of fused-ring (bicyclic) bond motifs is 1. The van der Waals surface area contributed by atoms with Crippen molar-refractivity contribution < 1.29 is 9.53 Å². The van der Waals surface area contributed by atoms with Gasteiger partial charge >= 0.3 is 0 Å². The number of carbonyl (C=O) groups excluding carboxylic acids is 1. The van der Waals surface area contributed by atoms with Crippen molar-refractivity contribution in [3.8, 4) is 0 Å². The quantitative estimate of drug-likeness (QED) is 0.871. The van der Waals surface area contributed by atoms with Gasteiger partial charge in [0, 0.05) is 37.2 Å². The summed E-state index contributed by atoms with van der Waals surface area (Å²) in [6.07, 6.45) is 0.555. The molecule has 1 aliphatic heterocycles. The first-order valence-electron chi connectivity index (χ1n) is 5.38. The Kier molecular flexibility index (Phi) is 3.79. The zero-order chi connectivity index (χ0) is 11.4. The molecule has 1 N–H and O–H groups in total. The number of anilines is 1. The molecule has 1 aromatic heterocycles. The van der Waals surface area contributed by atoms with Crippen molar-refractivity contribution in [2.45, 2.75) is 13.0 Å². The second-order valence-corrected chi connectivity index (χ2v) is 4.74. The molecule has 0 bridgehead atoms. The average molecular weight is 240 g/mol. The maximum Gasteiger partial charge on any atom is 0.224 e. The van der Waals surface area contributed by atoms with Gasteiger partial charge < -0.3 is 15.0 Å². The summed E-state index contributed by atoms with van der Waals surface area (Å²) >= 11 is 1.69. The molecule has 0 radical (unpaired) electrons. The van der Waals surface area contributed by atoms with Crippen molar-refractivity contribution in [1.29, 1.82) is 0 Å². The molecule has 5 heteroatoms. The number of nitrogens with zero attached hydrogens (tertiary/aromatic N) is 1. The molecule has 0 aromatic carbocycles. The van der Waals surface area contributed by atoms with Gasteiger partial charge in [0.1, 0.15) is 0 Å². The smallest absolute Gasteiger partial charge is 0.224 e.